The predicted molar refractivity (Wildman–Crippen MR) is 116 cm³/mol. The van der Waals surface area contributed by atoms with E-state index in [2.05, 4.69) is 26.7 Å². The number of hydrazine groups is 2. The van der Waals surface area contributed by atoms with Gasteiger partial charge in [-0.15, -0.1) is 0 Å². The van der Waals surface area contributed by atoms with Gasteiger partial charge >= 0.3 is 0 Å². The highest BCUT2D eigenvalue weighted by atomic mass is 16.2. The summed E-state index contributed by atoms with van der Waals surface area (Å²) < 4.78 is 1.40. The number of benzene rings is 2. The van der Waals surface area contributed by atoms with Crippen LogP contribution in [0.1, 0.15) is 30.0 Å². The van der Waals surface area contributed by atoms with E-state index in [0.717, 1.165) is 11.1 Å². The molecule has 1 aromatic heterocycles. The van der Waals surface area contributed by atoms with E-state index in [4.69, 9.17) is 0 Å². The van der Waals surface area contributed by atoms with Crippen LogP contribution in [0.2, 0.25) is 0 Å². The van der Waals surface area contributed by atoms with Gasteiger partial charge in [0.05, 0.1) is 17.2 Å². The third kappa shape index (κ3) is 4.62. The third-order valence-corrected chi connectivity index (χ3v) is 5.38. The van der Waals surface area contributed by atoms with Crippen molar-refractivity contribution in [2.24, 2.45) is 0 Å². The van der Waals surface area contributed by atoms with Crippen molar-refractivity contribution >= 4 is 22.7 Å². The highest BCUT2D eigenvalue weighted by Gasteiger charge is 2.30. The van der Waals surface area contributed by atoms with Gasteiger partial charge in [0, 0.05) is 19.0 Å². The van der Waals surface area contributed by atoms with E-state index in [0.29, 0.717) is 17.3 Å². The SMILES string of the molecule is Cc1cccc2c(=O)n(CCC(=O)NNC(=O)C3CC(c4ccccc4)NN3)cnc12. The molecule has 31 heavy (non-hydrogen) atoms. The molecule has 1 aliphatic heterocycles. The first-order valence-corrected chi connectivity index (χ1v) is 10.1. The van der Waals surface area contributed by atoms with Crippen LogP contribution >= 0.6 is 0 Å². The Bertz CT molecular complexity index is 1160. The van der Waals surface area contributed by atoms with Gasteiger partial charge in [-0.25, -0.2) is 15.8 Å². The molecule has 1 saturated heterocycles. The number of fused-ring (bicyclic) bond motifs is 1. The number of carbonyl (C=O) groups is 2. The van der Waals surface area contributed by atoms with Gasteiger partial charge in [-0.2, -0.15) is 0 Å². The van der Waals surface area contributed by atoms with Crippen molar-refractivity contribution in [3.8, 4) is 0 Å². The fourth-order valence-corrected chi connectivity index (χ4v) is 3.63. The number of rotatable bonds is 5. The van der Waals surface area contributed by atoms with Crippen LogP contribution in [0.5, 0.6) is 0 Å². The third-order valence-electron chi connectivity index (χ3n) is 5.38. The van der Waals surface area contributed by atoms with Crippen LogP contribution in [0.3, 0.4) is 0 Å². The van der Waals surface area contributed by atoms with Crippen molar-refractivity contribution in [2.45, 2.75) is 38.4 Å². The Balaban J connectivity index is 1.27. The lowest BCUT2D eigenvalue weighted by atomic mass is 10.0. The van der Waals surface area contributed by atoms with Crippen LogP contribution < -0.4 is 27.3 Å². The summed E-state index contributed by atoms with van der Waals surface area (Å²) >= 11 is 0. The number of nitrogens with zero attached hydrogens (tertiary/aromatic N) is 2. The number of hydrogen-bond acceptors (Lipinski definition) is 6. The molecular formula is C22H24N6O3. The molecule has 0 bridgehead atoms. The minimum absolute atomic E-state index is 0.0172. The van der Waals surface area contributed by atoms with E-state index >= 15 is 0 Å². The van der Waals surface area contributed by atoms with E-state index in [9.17, 15) is 14.4 Å². The molecule has 1 fully saturated rings. The predicted octanol–water partition coefficient (Wildman–Crippen LogP) is 0.850. The second-order valence-electron chi connectivity index (χ2n) is 7.54. The average Bonchev–Trinajstić information content (AvgIpc) is 3.29. The Morgan fingerprint density at radius 2 is 1.90 bits per heavy atom. The monoisotopic (exact) mass is 420 g/mol. The molecule has 0 radical (unpaired) electrons. The van der Waals surface area contributed by atoms with Crippen LogP contribution in [-0.4, -0.2) is 27.4 Å². The van der Waals surface area contributed by atoms with Crippen LogP contribution in [-0.2, 0) is 16.1 Å². The van der Waals surface area contributed by atoms with Gasteiger partial charge in [0.25, 0.3) is 11.5 Å². The Morgan fingerprint density at radius 1 is 1.10 bits per heavy atom. The summed E-state index contributed by atoms with van der Waals surface area (Å²) in [5.41, 5.74) is 13.4. The standard InChI is InChI=1S/C22H24N6O3/c1-14-6-5-9-16-20(14)23-13-28(22(16)31)11-10-19(29)26-27-21(30)18-12-17(24-25-18)15-7-3-2-4-8-15/h2-9,13,17-18,24-25H,10-12H2,1H3,(H,26,29)(H,27,30). The summed E-state index contributed by atoms with van der Waals surface area (Å²) in [6.07, 6.45) is 2.03. The molecule has 160 valence electrons. The molecule has 4 rings (SSSR count). The van der Waals surface area contributed by atoms with Gasteiger partial charge in [-0.3, -0.25) is 29.8 Å². The van der Waals surface area contributed by atoms with Gasteiger partial charge in [0.2, 0.25) is 5.91 Å². The van der Waals surface area contributed by atoms with Gasteiger partial charge < -0.3 is 0 Å². The fourth-order valence-electron chi connectivity index (χ4n) is 3.63. The molecule has 3 aromatic rings. The largest absolute Gasteiger partial charge is 0.298 e. The zero-order valence-electron chi connectivity index (χ0n) is 17.1. The van der Waals surface area contributed by atoms with Crippen LogP contribution in [0.4, 0.5) is 0 Å². The van der Waals surface area contributed by atoms with Crippen molar-refractivity contribution in [1.29, 1.82) is 0 Å². The summed E-state index contributed by atoms with van der Waals surface area (Å²) in [7, 11) is 0. The Labute approximate surface area is 178 Å². The van der Waals surface area contributed by atoms with Gasteiger partial charge in [-0.05, 0) is 30.5 Å². The summed E-state index contributed by atoms with van der Waals surface area (Å²) in [5.74, 6) is -0.727. The van der Waals surface area contributed by atoms with E-state index in [-0.39, 0.29) is 30.5 Å². The fraction of sp³-hybridized carbons (Fsp3) is 0.273. The topological polar surface area (TPSA) is 117 Å². The maximum Gasteiger partial charge on any atom is 0.261 e. The zero-order chi connectivity index (χ0) is 21.8. The number of carbonyl (C=O) groups excluding carboxylic acids is 2. The van der Waals surface area contributed by atoms with Crippen LogP contribution in [0.25, 0.3) is 10.9 Å². The molecule has 2 aromatic carbocycles. The summed E-state index contributed by atoms with van der Waals surface area (Å²) in [6.45, 7) is 2.06. The quantitative estimate of drug-likeness (QED) is 0.455. The molecule has 0 saturated carbocycles. The minimum Gasteiger partial charge on any atom is -0.298 e. The van der Waals surface area contributed by atoms with Gasteiger partial charge in [-0.1, -0.05) is 42.5 Å². The molecule has 9 nitrogen and oxygen atoms in total. The first-order valence-electron chi connectivity index (χ1n) is 10.1. The van der Waals surface area contributed by atoms with Gasteiger partial charge in [0.15, 0.2) is 0 Å². The summed E-state index contributed by atoms with van der Waals surface area (Å²) in [4.78, 5) is 41.4. The Kier molecular flexibility index (Phi) is 6.06. The van der Waals surface area contributed by atoms with E-state index < -0.39 is 11.9 Å². The smallest absolute Gasteiger partial charge is 0.261 e. The Morgan fingerprint density at radius 3 is 2.71 bits per heavy atom. The molecule has 2 atom stereocenters. The molecule has 9 heteroatoms. The number of nitrogens with one attached hydrogen (secondary N) is 4. The maximum atomic E-state index is 12.6. The molecule has 2 unspecified atom stereocenters. The minimum atomic E-state index is -0.471. The Hall–Kier alpha value is -3.56. The molecule has 2 heterocycles. The lowest BCUT2D eigenvalue weighted by Crippen LogP contribution is -2.50. The van der Waals surface area contributed by atoms with Crippen molar-refractivity contribution in [3.05, 3.63) is 76.3 Å². The highest BCUT2D eigenvalue weighted by molar-refractivity contribution is 5.85. The van der Waals surface area contributed by atoms with E-state index in [1.54, 1.807) is 6.07 Å². The maximum absolute atomic E-state index is 12.6. The number of aromatic nitrogens is 2. The molecule has 0 aliphatic carbocycles. The average molecular weight is 420 g/mol. The molecule has 0 spiro atoms. The van der Waals surface area contributed by atoms with Crippen molar-refractivity contribution in [1.82, 2.24) is 31.3 Å². The van der Waals surface area contributed by atoms with Crippen molar-refractivity contribution < 1.29 is 9.59 Å². The first-order chi connectivity index (χ1) is 15.0. The highest BCUT2D eigenvalue weighted by Crippen LogP contribution is 2.21. The van der Waals surface area contributed by atoms with Crippen molar-refractivity contribution in [3.63, 3.8) is 0 Å². The number of hydrogen-bond donors (Lipinski definition) is 4. The van der Waals surface area contributed by atoms with Crippen LogP contribution in [0, 0.1) is 6.92 Å². The zero-order valence-corrected chi connectivity index (χ0v) is 17.1. The summed E-state index contributed by atoms with van der Waals surface area (Å²) in [6, 6.07) is 14.8. The summed E-state index contributed by atoms with van der Waals surface area (Å²) in [5, 5.41) is 0.518. The molecular weight excluding hydrogens is 396 g/mol. The molecule has 4 N–H and O–H groups in total. The lowest BCUT2D eigenvalue weighted by molar-refractivity contribution is -0.130. The van der Waals surface area contributed by atoms with Crippen molar-refractivity contribution in [2.75, 3.05) is 0 Å². The van der Waals surface area contributed by atoms with Crippen LogP contribution in [0.15, 0.2) is 59.7 Å². The number of amides is 2. The lowest BCUT2D eigenvalue weighted by Gasteiger charge is -2.12. The van der Waals surface area contributed by atoms with Gasteiger partial charge in [0.1, 0.15) is 6.04 Å². The molecule has 1 aliphatic rings. The second-order valence-corrected chi connectivity index (χ2v) is 7.54. The second kappa shape index (κ2) is 9.07. The number of aryl methyl sites for hydroxylation is 2. The number of para-hydroxylation sites is 1. The normalized spacial score (nSPS) is 18.1. The molecule has 2 amide bonds. The van der Waals surface area contributed by atoms with E-state index in [1.807, 2.05) is 49.4 Å². The first kappa shape index (κ1) is 20.7. The van der Waals surface area contributed by atoms with E-state index in [1.165, 1.54) is 10.9 Å².